The number of halogens is 6. The molecule has 2 atom stereocenters. The molecule has 45 heavy (non-hydrogen) atoms. The Kier molecular flexibility index (Phi) is 7.55. The number of hydrogen-bond acceptors (Lipinski definition) is 0. The van der Waals surface area contributed by atoms with E-state index in [1.54, 1.807) is 24.3 Å². The fourth-order valence-electron chi connectivity index (χ4n) is 7.91. The summed E-state index contributed by atoms with van der Waals surface area (Å²) in [4.78, 5) is 0. The van der Waals surface area contributed by atoms with Gasteiger partial charge in [-0.2, -0.15) is 13.2 Å². The first kappa shape index (κ1) is 30.7. The topological polar surface area (TPSA) is 0 Å². The van der Waals surface area contributed by atoms with Crippen molar-refractivity contribution in [2.75, 3.05) is 0 Å². The van der Waals surface area contributed by atoms with E-state index in [4.69, 9.17) is 0 Å². The summed E-state index contributed by atoms with van der Waals surface area (Å²) in [6, 6.07) is 23.5. The van der Waals surface area contributed by atoms with Crippen LogP contribution in [0.5, 0.6) is 0 Å². The van der Waals surface area contributed by atoms with Crippen LogP contribution in [-0.2, 0) is 32.3 Å². The Balaban J connectivity index is 1.29. The Labute approximate surface area is 266 Å². The Morgan fingerprint density at radius 2 is 1.11 bits per heavy atom. The van der Waals surface area contributed by atoms with Crippen molar-refractivity contribution in [3.8, 4) is 22.3 Å². The van der Waals surface area contributed by atoms with E-state index in [1.807, 2.05) is 18.2 Å². The summed E-state index contributed by atoms with van der Waals surface area (Å²) in [6.45, 7) is 0. The van der Waals surface area contributed by atoms with Crippen molar-refractivity contribution in [1.29, 1.82) is 0 Å². The van der Waals surface area contributed by atoms with E-state index in [1.165, 1.54) is 37.8 Å². The molecule has 1 aliphatic heterocycles. The average molecular weight is 797 g/mol. The Morgan fingerprint density at radius 3 is 1.64 bits per heavy atom. The normalized spacial score (nSPS) is 21.1. The number of alkyl halides is 6. The van der Waals surface area contributed by atoms with Gasteiger partial charge < -0.3 is 0 Å². The van der Waals surface area contributed by atoms with Gasteiger partial charge in [-0.25, -0.2) is 0 Å². The van der Waals surface area contributed by atoms with Crippen molar-refractivity contribution in [3.05, 3.63) is 129 Å². The van der Waals surface area contributed by atoms with Gasteiger partial charge in [0.05, 0.1) is 0 Å². The molecule has 0 saturated carbocycles. The molecule has 1 heterocycles. The molecule has 2 aliphatic carbocycles. The number of rotatable bonds is 2. The van der Waals surface area contributed by atoms with Gasteiger partial charge in [0.25, 0.3) is 0 Å². The second kappa shape index (κ2) is 11.1. The number of benzene rings is 4. The van der Waals surface area contributed by atoms with Crippen LogP contribution in [0.15, 0.2) is 95.3 Å². The van der Waals surface area contributed by atoms with Crippen molar-refractivity contribution in [3.63, 3.8) is 0 Å². The van der Waals surface area contributed by atoms with Gasteiger partial charge in [0.1, 0.15) is 0 Å². The molecule has 2 unspecified atom stereocenters. The quantitative estimate of drug-likeness (QED) is 0.140. The van der Waals surface area contributed by atoms with Crippen LogP contribution >= 0.6 is 0 Å². The van der Waals surface area contributed by atoms with E-state index in [0.29, 0.717) is 9.59 Å². The van der Waals surface area contributed by atoms with E-state index >= 15 is 0 Å². The molecule has 0 N–H and O–H groups in total. The standard InChI is InChI=1S/C35H26F6Si.2CH3.Hf/c1-2-5-30-29-9-4-8-28(22-12-16-25(17-13-22)35(39,40)41)32(29)20-33(30)42-26-18-23-6-3-7-27(31(23)19-26)21-10-14-24(15-11-21)34(36,37)38;;;/h3-4,6-20,30H,1-2,5,42H2;2*1H3;. The third kappa shape index (κ3) is 5.56. The number of hydrogen-bond donors (Lipinski definition) is 0. The van der Waals surface area contributed by atoms with Crippen molar-refractivity contribution in [2.45, 2.75) is 48.3 Å². The van der Waals surface area contributed by atoms with Crippen LogP contribution < -0.4 is 0 Å². The van der Waals surface area contributed by atoms with E-state index < -0.39 is 53.0 Å². The molecule has 1 saturated heterocycles. The van der Waals surface area contributed by atoms with Gasteiger partial charge in [0.15, 0.2) is 0 Å². The van der Waals surface area contributed by atoms with Crippen LogP contribution in [0.2, 0.25) is 13.5 Å². The summed E-state index contributed by atoms with van der Waals surface area (Å²) in [5, 5.41) is 3.02. The summed E-state index contributed by atoms with van der Waals surface area (Å²) >= 11 is -2.84. The summed E-state index contributed by atoms with van der Waals surface area (Å²) in [5.74, 6) is 0.322. The summed E-state index contributed by atoms with van der Waals surface area (Å²) in [5.41, 5.74) is 7.18. The first-order valence-electron chi connectivity index (χ1n) is 15.3. The Morgan fingerprint density at radius 1 is 0.622 bits per heavy atom. The number of allylic oxidation sites excluding steroid dienone is 2. The van der Waals surface area contributed by atoms with Gasteiger partial charge in [0, 0.05) is 0 Å². The molecule has 0 spiro atoms. The molecular formula is C37H32F6HfSi. The zero-order valence-corrected chi connectivity index (χ0v) is 30.0. The molecule has 4 aromatic carbocycles. The summed E-state index contributed by atoms with van der Waals surface area (Å²) in [7, 11) is -0.871. The molecule has 0 aromatic heterocycles. The van der Waals surface area contributed by atoms with Crippen LogP contribution in [0.4, 0.5) is 26.3 Å². The predicted molar refractivity (Wildman–Crippen MR) is 170 cm³/mol. The van der Waals surface area contributed by atoms with Crippen LogP contribution in [-0.4, -0.2) is 9.52 Å². The van der Waals surface area contributed by atoms with Crippen LogP contribution in [0.25, 0.3) is 34.4 Å². The van der Waals surface area contributed by atoms with Gasteiger partial charge >= 0.3 is 254 Å². The molecule has 0 radical (unpaired) electrons. The molecule has 3 aliphatic rings. The van der Waals surface area contributed by atoms with Gasteiger partial charge in [-0.1, -0.05) is 0 Å². The van der Waals surface area contributed by atoms with Crippen LogP contribution in [0.3, 0.4) is 0 Å². The second-order valence-electron chi connectivity index (χ2n) is 13.2. The van der Waals surface area contributed by atoms with Gasteiger partial charge in [-0.05, 0) is 0 Å². The minimum absolute atomic E-state index is 0.322. The van der Waals surface area contributed by atoms with Crippen molar-refractivity contribution >= 4 is 21.7 Å². The van der Waals surface area contributed by atoms with Crippen LogP contribution in [0.1, 0.15) is 55.8 Å². The van der Waals surface area contributed by atoms with E-state index in [-0.39, 0.29) is 0 Å². The van der Waals surface area contributed by atoms with E-state index in [0.717, 1.165) is 58.4 Å². The van der Waals surface area contributed by atoms with Gasteiger partial charge in [-0.3, -0.25) is 0 Å². The SMILES string of the molecule is [CH3][Hf]1([CH3])[CH2]CCC2C(=Cc3c(-c4ccc(C(F)(F)F)cc4)cccc32)[SiH2]C2=Cc3c(-c4ccc(C(F)(F)F)cc4)cccc3[CH]21. The molecule has 8 heteroatoms. The third-order valence-corrected chi connectivity index (χ3v) is 27.6. The minimum atomic E-state index is -4.37. The maximum absolute atomic E-state index is 13.3. The van der Waals surface area contributed by atoms with Gasteiger partial charge in [0.2, 0.25) is 0 Å². The third-order valence-electron chi connectivity index (χ3n) is 9.99. The molecule has 4 aromatic rings. The average Bonchev–Trinajstić information content (AvgIpc) is 3.55. The zero-order valence-electron chi connectivity index (χ0n) is 25.0. The molecule has 7 rings (SSSR count). The van der Waals surface area contributed by atoms with Gasteiger partial charge in [-0.15, -0.1) is 0 Å². The first-order valence-corrected chi connectivity index (χ1v) is 28.5. The summed E-state index contributed by atoms with van der Waals surface area (Å²) in [6.07, 6.45) is -1.79. The fraction of sp³-hybridized carbons (Fsp3) is 0.243. The molecule has 0 amide bonds. The monoisotopic (exact) mass is 798 g/mol. The fourth-order valence-corrected chi connectivity index (χ4v) is 28.6. The molecule has 0 bridgehead atoms. The Bertz CT molecular complexity index is 1850. The van der Waals surface area contributed by atoms with Crippen LogP contribution in [0, 0.1) is 0 Å². The molecule has 0 nitrogen and oxygen atoms in total. The molecular weight excluding hydrogens is 765 g/mol. The first-order chi connectivity index (χ1) is 21.3. The Hall–Kier alpha value is -2.97. The molecule has 230 valence electrons. The van der Waals surface area contributed by atoms with Crippen molar-refractivity contribution < 1.29 is 46.3 Å². The zero-order chi connectivity index (χ0) is 31.7. The summed E-state index contributed by atoms with van der Waals surface area (Å²) < 4.78 is 86.4. The van der Waals surface area contributed by atoms with E-state index in [2.05, 4.69) is 39.7 Å². The maximum atomic E-state index is 13.3. The molecule has 1 fully saturated rings. The van der Waals surface area contributed by atoms with E-state index in [9.17, 15) is 26.3 Å². The number of fused-ring (bicyclic) bond motifs is 6. The van der Waals surface area contributed by atoms with Crippen molar-refractivity contribution in [2.24, 2.45) is 0 Å². The predicted octanol–water partition coefficient (Wildman–Crippen LogP) is 11.2. The van der Waals surface area contributed by atoms with Crippen molar-refractivity contribution in [1.82, 2.24) is 0 Å². The second-order valence-corrected chi connectivity index (χ2v) is 33.4.